The van der Waals surface area contributed by atoms with Crippen molar-refractivity contribution in [3.05, 3.63) is 15.0 Å². The molecule has 7 nitrogen and oxygen atoms in total. The molecular formula is C12H17IN4O3. The topological polar surface area (TPSA) is 87.3 Å². The molecule has 8 heteroatoms. The van der Waals surface area contributed by atoms with E-state index < -0.39 is 12.0 Å². The summed E-state index contributed by atoms with van der Waals surface area (Å²) in [7, 11) is 0. The Hall–Kier alpha value is -1.32. The summed E-state index contributed by atoms with van der Waals surface area (Å²) in [6.07, 6.45) is 0. The van der Waals surface area contributed by atoms with Crippen molar-refractivity contribution in [1.29, 1.82) is 0 Å². The zero-order valence-electron chi connectivity index (χ0n) is 11.6. The van der Waals surface area contributed by atoms with Crippen LogP contribution in [0.25, 0.3) is 0 Å². The third-order valence-electron chi connectivity index (χ3n) is 2.95. The average molecular weight is 392 g/mol. The lowest BCUT2D eigenvalue weighted by Gasteiger charge is -2.24. The monoisotopic (exact) mass is 392 g/mol. The van der Waals surface area contributed by atoms with Gasteiger partial charge in [-0.25, -0.2) is 9.59 Å². The first-order chi connectivity index (χ1) is 9.45. The number of amides is 2. The van der Waals surface area contributed by atoms with E-state index >= 15 is 0 Å². The van der Waals surface area contributed by atoms with Crippen molar-refractivity contribution < 1.29 is 14.3 Å². The van der Waals surface area contributed by atoms with Crippen LogP contribution in [0.2, 0.25) is 0 Å². The van der Waals surface area contributed by atoms with E-state index in [0.717, 1.165) is 9.26 Å². The molecule has 2 heterocycles. The van der Waals surface area contributed by atoms with Crippen molar-refractivity contribution in [2.24, 2.45) is 0 Å². The molecule has 2 rings (SSSR count). The summed E-state index contributed by atoms with van der Waals surface area (Å²) < 4.78 is 5.84. The number of fused-ring (bicyclic) bond motifs is 1. The molecule has 0 aromatic carbocycles. The maximum atomic E-state index is 12.2. The highest BCUT2D eigenvalue weighted by molar-refractivity contribution is 14.1. The Balaban J connectivity index is 2.28. The van der Waals surface area contributed by atoms with E-state index in [1.54, 1.807) is 6.92 Å². The Labute approximate surface area is 130 Å². The van der Waals surface area contributed by atoms with Gasteiger partial charge in [0.1, 0.15) is 3.70 Å². The Morgan fingerprint density at radius 3 is 2.90 bits per heavy atom. The van der Waals surface area contributed by atoms with Gasteiger partial charge in [-0.05, 0) is 43.4 Å². The standard InChI is InChI=1S/C12H17IN4O3/c1-4-20-11(18)9-8-7(10(13)16-15-8)5-17(9)12(19)14-6(2)3/h6,9H,4-5H2,1-3H3,(H,14,19)(H,15,16). The number of urea groups is 1. The second-order valence-electron chi connectivity index (χ2n) is 4.79. The number of carbonyl (C=O) groups excluding carboxylic acids is 2. The van der Waals surface area contributed by atoms with Gasteiger partial charge >= 0.3 is 12.0 Å². The number of hydrogen-bond donors (Lipinski definition) is 2. The van der Waals surface area contributed by atoms with Gasteiger partial charge in [-0.3, -0.25) is 5.10 Å². The third-order valence-corrected chi connectivity index (χ3v) is 3.84. The second kappa shape index (κ2) is 5.98. The van der Waals surface area contributed by atoms with E-state index in [1.807, 2.05) is 13.8 Å². The minimum Gasteiger partial charge on any atom is -0.464 e. The van der Waals surface area contributed by atoms with Crippen LogP contribution in [0.1, 0.15) is 38.1 Å². The van der Waals surface area contributed by atoms with Crippen molar-refractivity contribution in [3.63, 3.8) is 0 Å². The summed E-state index contributed by atoms with van der Waals surface area (Å²) in [5.74, 6) is -0.440. The molecule has 0 fully saturated rings. The average Bonchev–Trinajstić information content (AvgIpc) is 2.89. The first-order valence-electron chi connectivity index (χ1n) is 6.42. The van der Waals surface area contributed by atoms with E-state index in [4.69, 9.17) is 4.74 Å². The molecule has 2 amide bonds. The molecule has 0 bridgehead atoms. The Bertz CT molecular complexity index is 529. The number of esters is 1. The molecule has 1 aliphatic rings. The van der Waals surface area contributed by atoms with Crippen molar-refractivity contribution >= 4 is 34.6 Å². The van der Waals surface area contributed by atoms with Crippen molar-refractivity contribution in [3.8, 4) is 0 Å². The predicted octanol–water partition coefficient (Wildman–Crippen LogP) is 1.55. The lowest BCUT2D eigenvalue weighted by Crippen LogP contribution is -2.44. The number of aromatic nitrogens is 2. The number of carbonyl (C=O) groups is 2. The lowest BCUT2D eigenvalue weighted by molar-refractivity contribution is -0.148. The number of H-pyrrole nitrogens is 1. The number of aromatic amines is 1. The molecule has 0 spiro atoms. The van der Waals surface area contributed by atoms with Gasteiger partial charge in [-0.2, -0.15) is 5.10 Å². The molecule has 1 aromatic rings. The van der Waals surface area contributed by atoms with E-state index in [2.05, 4.69) is 38.1 Å². The van der Waals surface area contributed by atoms with Crippen LogP contribution in [0.4, 0.5) is 4.79 Å². The van der Waals surface area contributed by atoms with Gasteiger partial charge in [0.2, 0.25) is 0 Å². The Morgan fingerprint density at radius 2 is 2.30 bits per heavy atom. The van der Waals surface area contributed by atoms with Gasteiger partial charge < -0.3 is 15.0 Å². The molecule has 110 valence electrons. The number of nitrogens with one attached hydrogen (secondary N) is 2. The lowest BCUT2D eigenvalue weighted by atomic mass is 10.2. The molecule has 20 heavy (non-hydrogen) atoms. The van der Waals surface area contributed by atoms with E-state index in [-0.39, 0.29) is 18.7 Å². The maximum absolute atomic E-state index is 12.2. The summed E-state index contributed by atoms with van der Waals surface area (Å²) in [5.41, 5.74) is 1.52. The molecule has 0 saturated heterocycles. The molecule has 0 saturated carbocycles. The van der Waals surface area contributed by atoms with E-state index in [9.17, 15) is 9.59 Å². The zero-order chi connectivity index (χ0) is 14.9. The van der Waals surface area contributed by atoms with Gasteiger partial charge in [0, 0.05) is 11.6 Å². The summed E-state index contributed by atoms with van der Waals surface area (Å²) in [5, 5.41) is 9.71. The normalized spacial score (nSPS) is 17.2. The molecule has 2 N–H and O–H groups in total. The summed E-state index contributed by atoms with van der Waals surface area (Å²) in [4.78, 5) is 25.8. The minimum atomic E-state index is -0.750. The van der Waals surface area contributed by atoms with E-state index in [0.29, 0.717) is 12.2 Å². The largest absolute Gasteiger partial charge is 0.464 e. The number of halogens is 1. The number of hydrogen-bond acceptors (Lipinski definition) is 4. The summed E-state index contributed by atoms with van der Waals surface area (Å²) in [6.45, 7) is 6.11. The molecule has 1 atom stereocenters. The highest BCUT2D eigenvalue weighted by atomic mass is 127. The van der Waals surface area contributed by atoms with E-state index in [1.165, 1.54) is 4.90 Å². The van der Waals surface area contributed by atoms with Crippen LogP contribution >= 0.6 is 22.6 Å². The highest BCUT2D eigenvalue weighted by Crippen LogP contribution is 2.35. The predicted molar refractivity (Wildman–Crippen MR) is 79.9 cm³/mol. The van der Waals surface area contributed by atoms with Crippen LogP contribution in [0, 0.1) is 3.70 Å². The van der Waals surface area contributed by atoms with Crippen molar-refractivity contribution in [2.45, 2.75) is 39.4 Å². The quantitative estimate of drug-likeness (QED) is 0.604. The maximum Gasteiger partial charge on any atom is 0.335 e. The van der Waals surface area contributed by atoms with Crippen LogP contribution in [-0.4, -0.2) is 39.7 Å². The van der Waals surface area contributed by atoms with Crippen LogP contribution in [-0.2, 0) is 16.1 Å². The van der Waals surface area contributed by atoms with Crippen molar-refractivity contribution in [2.75, 3.05) is 6.61 Å². The molecule has 1 aromatic heterocycles. The number of ether oxygens (including phenoxy) is 1. The smallest absolute Gasteiger partial charge is 0.335 e. The molecule has 1 unspecified atom stereocenters. The molecular weight excluding hydrogens is 375 g/mol. The van der Waals surface area contributed by atoms with Gasteiger partial charge in [0.15, 0.2) is 6.04 Å². The highest BCUT2D eigenvalue weighted by Gasteiger charge is 2.42. The SMILES string of the molecule is CCOC(=O)C1c2[nH]nc(I)c2CN1C(=O)NC(C)C. The minimum absolute atomic E-state index is 0.00137. The van der Waals surface area contributed by atoms with Crippen LogP contribution in [0.15, 0.2) is 0 Å². The first-order valence-corrected chi connectivity index (χ1v) is 7.50. The fourth-order valence-electron chi connectivity index (χ4n) is 2.13. The molecule has 0 radical (unpaired) electrons. The fourth-order valence-corrected chi connectivity index (χ4v) is 2.72. The first kappa shape index (κ1) is 15.1. The van der Waals surface area contributed by atoms with Gasteiger partial charge in [0.05, 0.1) is 18.8 Å². The summed E-state index contributed by atoms with van der Waals surface area (Å²) >= 11 is 2.08. The van der Waals surface area contributed by atoms with Gasteiger partial charge in [-0.1, -0.05) is 0 Å². The van der Waals surface area contributed by atoms with Crippen LogP contribution in [0.3, 0.4) is 0 Å². The van der Waals surface area contributed by atoms with Crippen molar-refractivity contribution in [1.82, 2.24) is 20.4 Å². The van der Waals surface area contributed by atoms with Gasteiger partial charge in [-0.15, -0.1) is 0 Å². The fraction of sp³-hybridized carbons (Fsp3) is 0.583. The number of rotatable bonds is 3. The second-order valence-corrected chi connectivity index (χ2v) is 5.82. The molecule has 0 aliphatic carbocycles. The summed E-state index contributed by atoms with van der Waals surface area (Å²) in [6, 6.07) is -1.03. The Kier molecular flexibility index (Phi) is 4.51. The molecule has 1 aliphatic heterocycles. The van der Waals surface area contributed by atoms with Crippen LogP contribution in [0.5, 0.6) is 0 Å². The van der Waals surface area contributed by atoms with Crippen LogP contribution < -0.4 is 5.32 Å². The van der Waals surface area contributed by atoms with Gasteiger partial charge in [0.25, 0.3) is 0 Å². The zero-order valence-corrected chi connectivity index (χ0v) is 13.7. The Morgan fingerprint density at radius 1 is 1.60 bits per heavy atom. The third kappa shape index (κ3) is 2.74. The number of nitrogens with zero attached hydrogens (tertiary/aromatic N) is 2.